The van der Waals surface area contributed by atoms with Crippen molar-refractivity contribution in [3.8, 4) is 11.1 Å². The summed E-state index contributed by atoms with van der Waals surface area (Å²) in [5.74, 6) is -0.0832. The molecule has 0 heterocycles. The molecule has 150 valence electrons. The van der Waals surface area contributed by atoms with Crippen LogP contribution in [0.25, 0.3) is 11.1 Å². The molecule has 29 heavy (non-hydrogen) atoms. The van der Waals surface area contributed by atoms with E-state index >= 15 is 0 Å². The van der Waals surface area contributed by atoms with Crippen molar-refractivity contribution in [2.24, 2.45) is 0 Å². The molecule has 0 bridgehead atoms. The average molecular weight is 386 g/mol. The third-order valence-electron chi connectivity index (χ3n) is 5.44. The number of carbonyl (C=O) groups is 1. The number of rotatable bonds is 4. The van der Waals surface area contributed by atoms with E-state index in [4.69, 9.17) is 0 Å². The first-order valence-electron chi connectivity index (χ1n) is 10.3. The maximum Gasteiger partial charge on any atom is 0.255 e. The molecule has 3 rings (SSSR count). The van der Waals surface area contributed by atoms with Gasteiger partial charge in [0.25, 0.3) is 5.91 Å². The Morgan fingerprint density at radius 1 is 0.862 bits per heavy atom. The predicted octanol–water partition coefficient (Wildman–Crippen LogP) is 7.08. The summed E-state index contributed by atoms with van der Waals surface area (Å²) in [7, 11) is 0. The van der Waals surface area contributed by atoms with Crippen LogP contribution in [0.5, 0.6) is 0 Å². The number of aryl methyl sites for hydroxylation is 3. The van der Waals surface area contributed by atoms with Gasteiger partial charge in [-0.1, -0.05) is 75.7 Å². The van der Waals surface area contributed by atoms with E-state index in [1.54, 1.807) is 0 Å². The molecule has 2 nitrogen and oxygen atoms in total. The summed E-state index contributed by atoms with van der Waals surface area (Å²) < 4.78 is 0. The van der Waals surface area contributed by atoms with Gasteiger partial charge in [0, 0.05) is 16.8 Å². The Hall–Kier alpha value is -2.87. The van der Waals surface area contributed by atoms with Crippen LogP contribution in [0.4, 0.5) is 5.69 Å². The van der Waals surface area contributed by atoms with Gasteiger partial charge < -0.3 is 5.32 Å². The minimum Gasteiger partial charge on any atom is -0.321 e. The Bertz CT molecular complexity index is 1020. The van der Waals surface area contributed by atoms with E-state index < -0.39 is 0 Å². The monoisotopic (exact) mass is 385 g/mol. The van der Waals surface area contributed by atoms with E-state index in [0.29, 0.717) is 5.56 Å². The fourth-order valence-electron chi connectivity index (χ4n) is 3.50. The summed E-state index contributed by atoms with van der Waals surface area (Å²) >= 11 is 0. The van der Waals surface area contributed by atoms with E-state index in [1.807, 2.05) is 31.2 Å². The van der Waals surface area contributed by atoms with Gasteiger partial charge in [0.05, 0.1) is 0 Å². The Balaban J connectivity index is 2.07. The first-order chi connectivity index (χ1) is 13.7. The molecule has 2 heteroatoms. The second-order valence-corrected chi connectivity index (χ2v) is 8.83. The lowest BCUT2D eigenvalue weighted by atomic mass is 9.85. The largest absolute Gasteiger partial charge is 0.321 e. The summed E-state index contributed by atoms with van der Waals surface area (Å²) in [5.41, 5.74) is 8.62. The van der Waals surface area contributed by atoms with Gasteiger partial charge in [-0.05, 0) is 66.1 Å². The molecule has 0 fully saturated rings. The van der Waals surface area contributed by atoms with Crippen molar-refractivity contribution in [3.63, 3.8) is 0 Å². The van der Waals surface area contributed by atoms with Gasteiger partial charge in [-0.15, -0.1) is 0 Å². The number of amides is 1. The van der Waals surface area contributed by atoms with E-state index in [2.05, 4.69) is 76.3 Å². The summed E-state index contributed by atoms with van der Waals surface area (Å²) in [6.07, 6.45) is 1.01. The summed E-state index contributed by atoms with van der Waals surface area (Å²) in [4.78, 5) is 12.9. The van der Waals surface area contributed by atoms with Gasteiger partial charge in [-0.2, -0.15) is 0 Å². The molecule has 1 N–H and O–H groups in total. The summed E-state index contributed by atoms with van der Waals surface area (Å²) in [6.45, 7) is 12.9. The zero-order valence-corrected chi connectivity index (χ0v) is 18.4. The summed E-state index contributed by atoms with van der Waals surface area (Å²) in [6, 6.07) is 20.7. The second kappa shape index (κ2) is 8.24. The molecule has 0 saturated carbocycles. The van der Waals surface area contributed by atoms with Crippen LogP contribution < -0.4 is 5.32 Å². The van der Waals surface area contributed by atoms with Crippen molar-refractivity contribution in [1.82, 2.24) is 0 Å². The van der Waals surface area contributed by atoms with Crippen molar-refractivity contribution < 1.29 is 4.79 Å². The molecular formula is C27H31NO. The van der Waals surface area contributed by atoms with E-state index in [1.165, 1.54) is 16.7 Å². The Morgan fingerprint density at radius 2 is 1.52 bits per heavy atom. The second-order valence-electron chi connectivity index (χ2n) is 8.83. The van der Waals surface area contributed by atoms with E-state index in [9.17, 15) is 4.79 Å². The van der Waals surface area contributed by atoms with Crippen molar-refractivity contribution in [2.75, 3.05) is 5.32 Å². The molecule has 0 aliphatic rings. The number of hydrogen-bond donors (Lipinski definition) is 1. The number of carbonyl (C=O) groups excluding carboxylic acids is 1. The molecular weight excluding hydrogens is 354 g/mol. The van der Waals surface area contributed by atoms with Gasteiger partial charge in [0.2, 0.25) is 0 Å². The molecule has 0 spiro atoms. The number of nitrogens with one attached hydrogen (secondary N) is 1. The minimum atomic E-state index is -0.0832. The van der Waals surface area contributed by atoms with Crippen LogP contribution in [-0.2, 0) is 11.8 Å². The van der Waals surface area contributed by atoms with Gasteiger partial charge in [-0.25, -0.2) is 0 Å². The smallest absolute Gasteiger partial charge is 0.255 e. The topological polar surface area (TPSA) is 29.1 Å². The lowest BCUT2D eigenvalue weighted by Gasteiger charge is -2.22. The highest BCUT2D eigenvalue weighted by atomic mass is 16.1. The fraction of sp³-hybridized carbons (Fsp3) is 0.296. The van der Waals surface area contributed by atoms with Crippen molar-refractivity contribution in [1.29, 1.82) is 0 Å². The van der Waals surface area contributed by atoms with Gasteiger partial charge >= 0.3 is 0 Å². The molecule has 0 atom stereocenters. The number of anilines is 1. The molecule has 0 aliphatic carbocycles. The molecule has 0 saturated heterocycles. The van der Waals surface area contributed by atoms with Crippen molar-refractivity contribution >= 4 is 11.6 Å². The maximum atomic E-state index is 12.9. The van der Waals surface area contributed by atoms with E-state index in [-0.39, 0.29) is 11.3 Å². The van der Waals surface area contributed by atoms with Gasteiger partial charge in [0.1, 0.15) is 0 Å². The highest BCUT2D eigenvalue weighted by molar-refractivity contribution is 6.06. The van der Waals surface area contributed by atoms with Gasteiger partial charge in [-0.3, -0.25) is 4.79 Å². The third-order valence-corrected chi connectivity index (χ3v) is 5.44. The third kappa shape index (κ3) is 4.76. The molecule has 0 radical (unpaired) electrons. The van der Waals surface area contributed by atoms with Crippen LogP contribution in [0.3, 0.4) is 0 Å². The highest BCUT2D eigenvalue weighted by Crippen LogP contribution is 2.35. The average Bonchev–Trinajstić information content (AvgIpc) is 2.68. The lowest BCUT2D eigenvalue weighted by molar-refractivity contribution is 0.102. The SMILES string of the molecule is CCc1ccc(-c2ccc(C(C)(C)C)cc2NC(=O)c2ccc(C)cc2)c(C)c1. The number of hydrogen-bond acceptors (Lipinski definition) is 1. The van der Waals surface area contributed by atoms with Crippen LogP contribution in [0, 0.1) is 13.8 Å². The lowest BCUT2D eigenvalue weighted by Crippen LogP contribution is -2.15. The van der Waals surface area contributed by atoms with Crippen LogP contribution >= 0.6 is 0 Å². The van der Waals surface area contributed by atoms with Crippen LogP contribution in [0.2, 0.25) is 0 Å². The van der Waals surface area contributed by atoms with E-state index in [0.717, 1.165) is 28.8 Å². The fourth-order valence-corrected chi connectivity index (χ4v) is 3.50. The predicted molar refractivity (Wildman–Crippen MR) is 124 cm³/mol. The standard InChI is InChI=1S/C27H31NO/c1-7-20-10-14-23(19(3)16-20)24-15-13-22(27(4,5)6)17-25(24)28-26(29)21-11-8-18(2)9-12-21/h8-17H,7H2,1-6H3,(H,28,29). The van der Waals surface area contributed by atoms with Crippen molar-refractivity contribution in [3.05, 3.63) is 88.5 Å². The van der Waals surface area contributed by atoms with Gasteiger partial charge in [0.15, 0.2) is 0 Å². The van der Waals surface area contributed by atoms with Crippen LogP contribution in [0.1, 0.15) is 60.3 Å². The molecule has 0 aliphatic heterocycles. The molecule has 0 aromatic heterocycles. The van der Waals surface area contributed by atoms with Crippen LogP contribution in [-0.4, -0.2) is 5.91 Å². The molecule has 1 amide bonds. The first-order valence-corrected chi connectivity index (χ1v) is 10.3. The first kappa shape index (κ1) is 20.9. The Labute approximate surface area is 175 Å². The molecule has 3 aromatic carbocycles. The zero-order chi connectivity index (χ0) is 21.2. The Kier molecular flexibility index (Phi) is 5.93. The Morgan fingerprint density at radius 3 is 2.10 bits per heavy atom. The zero-order valence-electron chi connectivity index (χ0n) is 18.4. The minimum absolute atomic E-state index is 0.00296. The molecule has 3 aromatic rings. The highest BCUT2D eigenvalue weighted by Gasteiger charge is 2.18. The quantitative estimate of drug-likeness (QED) is 0.510. The van der Waals surface area contributed by atoms with Crippen molar-refractivity contribution in [2.45, 2.75) is 53.4 Å². The normalized spacial score (nSPS) is 11.4. The summed E-state index contributed by atoms with van der Waals surface area (Å²) in [5, 5.41) is 3.17. The molecule has 0 unspecified atom stereocenters. The van der Waals surface area contributed by atoms with Crippen LogP contribution in [0.15, 0.2) is 60.7 Å². The number of benzene rings is 3. The maximum absolute atomic E-state index is 12.9.